The topological polar surface area (TPSA) is 129 Å². The largest absolute Gasteiger partial charge is 0.465 e. The van der Waals surface area contributed by atoms with E-state index in [9.17, 15) is 19.2 Å². The van der Waals surface area contributed by atoms with Crippen molar-refractivity contribution in [2.45, 2.75) is 49.2 Å². The van der Waals surface area contributed by atoms with E-state index >= 15 is 0 Å². The van der Waals surface area contributed by atoms with E-state index < -0.39 is 23.0 Å². The second-order valence-corrected chi connectivity index (χ2v) is 13.9. The summed E-state index contributed by atoms with van der Waals surface area (Å²) in [5.74, 6) is -1.56. The van der Waals surface area contributed by atoms with Crippen LogP contribution in [0.2, 0.25) is 0 Å². The van der Waals surface area contributed by atoms with Gasteiger partial charge in [0.05, 0.1) is 17.9 Å². The van der Waals surface area contributed by atoms with Gasteiger partial charge in [-0.25, -0.2) is 4.79 Å². The molecule has 1 atom stereocenters. The van der Waals surface area contributed by atoms with Crippen molar-refractivity contribution in [3.63, 3.8) is 0 Å². The Labute approximate surface area is 292 Å². The Balaban J connectivity index is 1.20. The summed E-state index contributed by atoms with van der Waals surface area (Å²) >= 11 is 2.83. The number of methoxy groups -OCH3 is 1. The third-order valence-corrected chi connectivity index (χ3v) is 10.8. The van der Waals surface area contributed by atoms with Gasteiger partial charge in [0.2, 0.25) is 5.91 Å². The van der Waals surface area contributed by atoms with Crippen molar-refractivity contribution in [1.82, 2.24) is 10.3 Å². The minimum Gasteiger partial charge on any atom is -0.465 e. The van der Waals surface area contributed by atoms with Crippen LogP contribution < -0.4 is 16.0 Å². The van der Waals surface area contributed by atoms with Crippen LogP contribution in [-0.4, -0.2) is 41.0 Å². The Morgan fingerprint density at radius 1 is 0.959 bits per heavy atom. The molecule has 11 heteroatoms. The van der Waals surface area contributed by atoms with E-state index in [0.29, 0.717) is 28.2 Å². The minimum atomic E-state index is -0.501. The molecule has 4 N–H and O–H groups in total. The highest BCUT2D eigenvalue weighted by Crippen LogP contribution is 2.39. The van der Waals surface area contributed by atoms with Crippen LogP contribution >= 0.6 is 23.1 Å². The average molecular weight is 693 g/mol. The van der Waals surface area contributed by atoms with Crippen molar-refractivity contribution < 1.29 is 23.9 Å². The molecule has 3 amide bonds. The van der Waals surface area contributed by atoms with E-state index in [1.54, 1.807) is 54.7 Å². The van der Waals surface area contributed by atoms with Crippen LogP contribution in [0.15, 0.2) is 95.7 Å². The van der Waals surface area contributed by atoms with Crippen molar-refractivity contribution in [3.05, 3.63) is 118 Å². The Bertz CT molecular complexity index is 2050. The molecule has 0 fully saturated rings. The lowest BCUT2D eigenvalue weighted by Gasteiger charge is -2.16. The molecule has 0 bridgehead atoms. The number of fused-ring (bicyclic) bond motifs is 2. The molecule has 0 saturated carbocycles. The van der Waals surface area contributed by atoms with Crippen molar-refractivity contribution in [3.8, 4) is 0 Å². The predicted octanol–water partition coefficient (Wildman–Crippen LogP) is 7.81. The molecule has 0 spiro atoms. The average Bonchev–Trinajstić information content (AvgIpc) is 3.71. The van der Waals surface area contributed by atoms with E-state index in [0.717, 1.165) is 57.5 Å². The molecule has 49 heavy (non-hydrogen) atoms. The molecule has 2 heterocycles. The van der Waals surface area contributed by atoms with E-state index in [4.69, 9.17) is 4.74 Å². The van der Waals surface area contributed by atoms with Crippen LogP contribution in [0.1, 0.15) is 62.9 Å². The molecule has 0 saturated heterocycles. The lowest BCUT2D eigenvalue weighted by Crippen LogP contribution is -2.30. The standard InChI is InChI=1S/C38H36N4O5S2/c1-3-31(36(45)42-37-33(38(46)47-2)28-17-8-10-19-32(28)49-37)48-26-15-11-14-25(21-26)40-35(44)30(41-34(43)23-12-5-4-6-13-23)20-24-22-39-29-18-9-7-16-27(24)29/h4-7,9,11-16,18,20-22,31,39H,3,8,10,17,19H2,1-2H3,(H,40,44)(H,41,43)(H,42,45)/b30-20-. The quantitative estimate of drug-likeness (QED) is 0.0635. The van der Waals surface area contributed by atoms with E-state index in [-0.39, 0.29) is 11.6 Å². The Kier molecular flexibility index (Phi) is 10.6. The fraction of sp³-hybridized carbons (Fsp3) is 0.211. The van der Waals surface area contributed by atoms with Gasteiger partial charge in [-0.05, 0) is 80.1 Å². The molecule has 1 aliphatic rings. The van der Waals surface area contributed by atoms with Gasteiger partial charge < -0.3 is 25.7 Å². The van der Waals surface area contributed by atoms with Crippen LogP contribution in [0.5, 0.6) is 0 Å². The van der Waals surface area contributed by atoms with Gasteiger partial charge in [0, 0.05) is 43.7 Å². The molecule has 250 valence electrons. The highest BCUT2D eigenvalue weighted by atomic mass is 32.2. The first-order chi connectivity index (χ1) is 23.8. The number of hydrogen-bond acceptors (Lipinski definition) is 7. The molecular weight excluding hydrogens is 657 g/mol. The molecule has 3 aromatic carbocycles. The number of aryl methyl sites for hydroxylation is 1. The zero-order valence-corrected chi connectivity index (χ0v) is 28.8. The summed E-state index contributed by atoms with van der Waals surface area (Å²) in [5, 5.41) is 9.71. The normalized spacial score (nSPS) is 13.3. The number of thiophene rings is 1. The number of ether oxygens (including phenoxy) is 1. The molecule has 9 nitrogen and oxygen atoms in total. The maximum absolute atomic E-state index is 13.7. The van der Waals surface area contributed by atoms with Gasteiger partial charge in [-0.3, -0.25) is 14.4 Å². The van der Waals surface area contributed by atoms with Crippen LogP contribution in [0.3, 0.4) is 0 Å². The zero-order chi connectivity index (χ0) is 34.3. The van der Waals surface area contributed by atoms with Crippen molar-refractivity contribution >= 4 is 74.5 Å². The fourth-order valence-corrected chi connectivity index (χ4v) is 8.10. The Hall–Kier alpha value is -5.13. The summed E-state index contributed by atoms with van der Waals surface area (Å²) in [6.07, 6.45) is 7.72. The van der Waals surface area contributed by atoms with E-state index in [1.807, 2.05) is 43.3 Å². The first-order valence-corrected chi connectivity index (χ1v) is 17.8. The molecule has 1 aliphatic carbocycles. The number of aromatic nitrogens is 1. The molecule has 0 aliphatic heterocycles. The van der Waals surface area contributed by atoms with Crippen LogP contribution in [0, 0.1) is 0 Å². The van der Waals surface area contributed by atoms with Gasteiger partial charge in [0.1, 0.15) is 10.7 Å². The number of thioether (sulfide) groups is 1. The first kappa shape index (κ1) is 33.8. The number of anilines is 2. The van der Waals surface area contributed by atoms with Crippen molar-refractivity contribution in [1.29, 1.82) is 0 Å². The van der Waals surface area contributed by atoms with Gasteiger partial charge >= 0.3 is 5.97 Å². The number of H-pyrrole nitrogens is 1. The number of nitrogens with one attached hydrogen (secondary N) is 4. The fourth-order valence-electron chi connectivity index (χ4n) is 5.81. The van der Waals surface area contributed by atoms with Crippen LogP contribution in [0.4, 0.5) is 10.7 Å². The number of rotatable bonds is 11. The number of aromatic amines is 1. The highest BCUT2D eigenvalue weighted by Gasteiger charge is 2.29. The summed E-state index contributed by atoms with van der Waals surface area (Å²) in [6, 6.07) is 23.6. The van der Waals surface area contributed by atoms with Gasteiger partial charge in [0.15, 0.2) is 0 Å². The second-order valence-electron chi connectivity index (χ2n) is 11.6. The monoisotopic (exact) mass is 692 g/mol. The van der Waals surface area contributed by atoms with Crippen LogP contribution in [-0.2, 0) is 27.2 Å². The lowest BCUT2D eigenvalue weighted by atomic mass is 9.95. The smallest absolute Gasteiger partial charge is 0.341 e. The summed E-state index contributed by atoms with van der Waals surface area (Å²) in [7, 11) is 1.36. The number of carbonyl (C=O) groups excluding carboxylic acids is 4. The summed E-state index contributed by atoms with van der Waals surface area (Å²) < 4.78 is 5.07. The van der Waals surface area contributed by atoms with Gasteiger partial charge in [0.25, 0.3) is 11.8 Å². The van der Waals surface area contributed by atoms with Gasteiger partial charge in [-0.2, -0.15) is 0 Å². The van der Waals surface area contributed by atoms with Crippen LogP contribution in [0.25, 0.3) is 17.0 Å². The summed E-state index contributed by atoms with van der Waals surface area (Å²) in [6.45, 7) is 1.93. The molecular formula is C38H36N4O5S2. The number of hydrogen-bond donors (Lipinski definition) is 4. The Morgan fingerprint density at radius 2 is 1.73 bits per heavy atom. The number of amides is 3. The maximum atomic E-state index is 13.7. The zero-order valence-electron chi connectivity index (χ0n) is 27.1. The van der Waals surface area contributed by atoms with Crippen molar-refractivity contribution in [2.75, 3.05) is 17.7 Å². The number of benzene rings is 3. The second kappa shape index (κ2) is 15.4. The highest BCUT2D eigenvalue weighted by molar-refractivity contribution is 8.00. The molecule has 6 rings (SSSR count). The molecule has 2 aromatic heterocycles. The van der Waals surface area contributed by atoms with Crippen molar-refractivity contribution in [2.24, 2.45) is 0 Å². The third-order valence-electron chi connectivity index (χ3n) is 8.28. The SMILES string of the molecule is CCC(Sc1cccc(NC(=O)/C(=C/c2c[nH]c3ccccc23)NC(=O)c2ccccc2)c1)C(=O)Nc1sc2c(c1C(=O)OC)CCCC2. The summed E-state index contributed by atoms with van der Waals surface area (Å²) in [4.78, 5) is 58.2. The van der Waals surface area contributed by atoms with E-state index in [2.05, 4.69) is 20.9 Å². The van der Waals surface area contributed by atoms with E-state index in [1.165, 1.54) is 30.2 Å². The predicted molar refractivity (Wildman–Crippen MR) is 196 cm³/mol. The minimum absolute atomic E-state index is 0.0718. The first-order valence-electron chi connectivity index (χ1n) is 16.1. The third kappa shape index (κ3) is 7.79. The number of carbonyl (C=O) groups is 4. The summed E-state index contributed by atoms with van der Waals surface area (Å²) in [5.41, 5.74) is 4.10. The Morgan fingerprint density at radius 3 is 2.53 bits per heavy atom. The number of para-hydroxylation sites is 1. The van der Waals surface area contributed by atoms with Gasteiger partial charge in [-0.1, -0.05) is 49.4 Å². The maximum Gasteiger partial charge on any atom is 0.341 e. The molecule has 5 aromatic rings. The number of esters is 1. The molecule has 0 radical (unpaired) electrons. The lowest BCUT2D eigenvalue weighted by molar-refractivity contribution is -0.116. The van der Waals surface area contributed by atoms with Gasteiger partial charge in [-0.15, -0.1) is 23.1 Å². The molecule has 1 unspecified atom stereocenters.